The molecule has 0 radical (unpaired) electrons. The smallest absolute Gasteiger partial charge is 0.336 e. The molecule has 1 aliphatic heterocycles. The molecule has 20 heavy (non-hydrogen) atoms. The van der Waals surface area contributed by atoms with Crippen LogP contribution in [0.15, 0.2) is 33.5 Å². The van der Waals surface area contributed by atoms with Gasteiger partial charge < -0.3 is 14.8 Å². The normalized spacial score (nSPS) is 19.8. The molecule has 1 aromatic heterocycles. The first-order valence-corrected chi connectivity index (χ1v) is 6.81. The fourth-order valence-electron chi connectivity index (χ4n) is 2.80. The number of aromatic hydroxyl groups is 1. The van der Waals surface area contributed by atoms with Crippen LogP contribution in [0.5, 0.6) is 5.75 Å². The van der Waals surface area contributed by atoms with Gasteiger partial charge in [0, 0.05) is 43.2 Å². The Kier molecular flexibility index (Phi) is 3.46. The summed E-state index contributed by atoms with van der Waals surface area (Å²) in [6.45, 7) is 2.73. The van der Waals surface area contributed by atoms with Crippen LogP contribution in [-0.2, 0) is 6.54 Å². The van der Waals surface area contributed by atoms with Gasteiger partial charge in [0.25, 0.3) is 0 Å². The van der Waals surface area contributed by atoms with Crippen molar-refractivity contribution in [3.8, 4) is 5.75 Å². The summed E-state index contributed by atoms with van der Waals surface area (Å²) in [5.41, 5.74) is 1.02. The second kappa shape index (κ2) is 5.26. The number of hydrogen-bond donors (Lipinski definition) is 2. The van der Waals surface area contributed by atoms with Crippen molar-refractivity contribution in [1.29, 1.82) is 0 Å². The maximum absolute atomic E-state index is 11.6. The van der Waals surface area contributed by atoms with E-state index in [1.165, 1.54) is 6.07 Å². The van der Waals surface area contributed by atoms with E-state index in [-0.39, 0.29) is 11.4 Å². The van der Waals surface area contributed by atoms with Crippen LogP contribution in [0.1, 0.15) is 12.0 Å². The predicted molar refractivity (Wildman–Crippen MR) is 76.9 cm³/mol. The number of hydrogen-bond acceptors (Lipinski definition) is 5. The Morgan fingerprint density at radius 2 is 2.30 bits per heavy atom. The van der Waals surface area contributed by atoms with Crippen molar-refractivity contribution < 1.29 is 9.52 Å². The molecular formula is C15H18N2O3. The van der Waals surface area contributed by atoms with E-state index >= 15 is 0 Å². The number of fused-ring (bicyclic) bond motifs is 1. The topological polar surface area (TPSA) is 65.7 Å². The number of likely N-dealkylation sites (N-methyl/N-ethyl adjacent to an activating group) is 1. The molecule has 0 bridgehead atoms. The summed E-state index contributed by atoms with van der Waals surface area (Å²) >= 11 is 0. The first-order valence-electron chi connectivity index (χ1n) is 6.81. The average Bonchev–Trinajstić information content (AvgIpc) is 2.85. The van der Waals surface area contributed by atoms with Crippen molar-refractivity contribution >= 4 is 11.0 Å². The van der Waals surface area contributed by atoms with Gasteiger partial charge in [-0.05, 0) is 31.2 Å². The van der Waals surface area contributed by atoms with E-state index in [1.807, 2.05) is 7.05 Å². The van der Waals surface area contributed by atoms with Gasteiger partial charge >= 0.3 is 5.63 Å². The van der Waals surface area contributed by atoms with E-state index in [0.717, 1.165) is 37.0 Å². The summed E-state index contributed by atoms with van der Waals surface area (Å²) in [6.07, 6.45) is 1.12. The van der Waals surface area contributed by atoms with Gasteiger partial charge in [-0.25, -0.2) is 4.79 Å². The summed E-state index contributed by atoms with van der Waals surface area (Å²) in [6, 6.07) is 6.97. The van der Waals surface area contributed by atoms with E-state index in [4.69, 9.17) is 4.42 Å². The number of phenols is 1. The van der Waals surface area contributed by atoms with Gasteiger partial charge in [-0.2, -0.15) is 0 Å². The Hall–Kier alpha value is -1.85. The fraction of sp³-hybridized carbons (Fsp3) is 0.400. The molecule has 0 amide bonds. The molecule has 1 aromatic carbocycles. The third kappa shape index (κ3) is 2.55. The first kappa shape index (κ1) is 13.1. The average molecular weight is 274 g/mol. The molecule has 0 aliphatic carbocycles. The van der Waals surface area contributed by atoms with Gasteiger partial charge in [0.1, 0.15) is 11.3 Å². The van der Waals surface area contributed by atoms with Crippen LogP contribution in [-0.4, -0.2) is 36.2 Å². The monoisotopic (exact) mass is 274 g/mol. The van der Waals surface area contributed by atoms with Crippen LogP contribution < -0.4 is 10.9 Å². The molecule has 3 rings (SSSR count). The lowest BCUT2D eigenvalue weighted by molar-refractivity contribution is 0.322. The summed E-state index contributed by atoms with van der Waals surface area (Å²) in [4.78, 5) is 14.0. The molecule has 1 atom stereocenters. The van der Waals surface area contributed by atoms with E-state index in [2.05, 4.69) is 10.2 Å². The van der Waals surface area contributed by atoms with E-state index in [1.54, 1.807) is 18.2 Å². The third-order valence-electron chi connectivity index (χ3n) is 3.89. The zero-order valence-electron chi connectivity index (χ0n) is 11.4. The maximum atomic E-state index is 11.6. The van der Waals surface area contributed by atoms with Gasteiger partial charge in [-0.1, -0.05) is 0 Å². The molecule has 2 N–H and O–H groups in total. The largest absolute Gasteiger partial charge is 0.508 e. The van der Waals surface area contributed by atoms with Gasteiger partial charge in [-0.3, -0.25) is 4.90 Å². The van der Waals surface area contributed by atoms with Crippen LogP contribution in [0.4, 0.5) is 0 Å². The van der Waals surface area contributed by atoms with E-state index in [9.17, 15) is 9.90 Å². The SMILES string of the molecule is CNC1CCN(Cc2cc(=O)oc3cc(O)ccc23)C1. The van der Waals surface area contributed by atoms with Crippen LogP contribution >= 0.6 is 0 Å². The molecule has 1 saturated heterocycles. The zero-order chi connectivity index (χ0) is 14.1. The molecule has 0 spiro atoms. The molecule has 2 aromatic rings. The molecule has 5 heteroatoms. The number of likely N-dealkylation sites (tertiary alicyclic amines) is 1. The highest BCUT2D eigenvalue weighted by atomic mass is 16.4. The molecule has 1 fully saturated rings. The van der Waals surface area contributed by atoms with Gasteiger partial charge in [-0.15, -0.1) is 0 Å². The number of phenolic OH excluding ortho intramolecular Hbond substituents is 1. The van der Waals surface area contributed by atoms with Crippen molar-refractivity contribution in [3.05, 3.63) is 40.2 Å². The first-order chi connectivity index (χ1) is 9.65. The van der Waals surface area contributed by atoms with Crippen molar-refractivity contribution in [2.75, 3.05) is 20.1 Å². The van der Waals surface area contributed by atoms with Crippen molar-refractivity contribution in [2.45, 2.75) is 19.0 Å². The van der Waals surface area contributed by atoms with Gasteiger partial charge in [0.2, 0.25) is 0 Å². The molecule has 0 saturated carbocycles. The summed E-state index contributed by atoms with van der Waals surface area (Å²) in [5, 5.41) is 13.6. The molecule has 2 heterocycles. The van der Waals surface area contributed by atoms with E-state index in [0.29, 0.717) is 11.6 Å². The Bertz CT molecular complexity index is 680. The van der Waals surface area contributed by atoms with Crippen LogP contribution in [0, 0.1) is 0 Å². The molecule has 1 unspecified atom stereocenters. The van der Waals surface area contributed by atoms with Gasteiger partial charge in [0.05, 0.1) is 0 Å². The highest BCUT2D eigenvalue weighted by molar-refractivity contribution is 5.81. The highest BCUT2D eigenvalue weighted by Gasteiger charge is 2.21. The van der Waals surface area contributed by atoms with Crippen LogP contribution in [0.25, 0.3) is 11.0 Å². The molecule has 1 aliphatic rings. The lowest BCUT2D eigenvalue weighted by Gasteiger charge is -2.16. The molecular weight excluding hydrogens is 256 g/mol. The minimum atomic E-state index is -0.373. The number of benzene rings is 1. The Morgan fingerprint density at radius 3 is 3.05 bits per heavy atom. The fourth-order valence-corrected chi connectivity index (χ4v) is 2.80. The third-order valence-corrected chi connectivity index (χ3v) is 3.89. The second-order valence-electron chi connectivity index (χ2n) is 5.28. The Labute approximate surface area is 116 Å². The van der Waals surface area contributed by atoms with Crippen LogP contribution in [0.2, 0.25) is 0 Å². The number of rotatable bonds is 3. The Morgan fingerprint density at radius 1 is 1.45 bits per heavy atom. The lowest BCUT2D eigenvalue weighted by Crippen LogP contribution is -2.29. The summed E-state index contributed by atoms with van der Waals surface area (Å²) < 4.78 is 5.14. The maximum Gasteiger partial charge on any atom is 0.336 e. The predicted octanol–water partition coefficient (Wildman–Crippen LogP) is 1.29. The number of nitrogens with one attached hydrogen (secondary N) is 1. The summed E-state index contributed by atoms with van der Waals surface area (Å²) in [5.74, 6) is 0.106. The lowest BCUT2D eigenvalue weighted by atomic mass is 10.1. The van der Waals surface area contributed by atoms with Crippen LogP contribution in [0.3, 0.4) is 0 Å². The highest BCUT2D eigenvalue weighted by Crippen LogP contribution is 2.23. The minimum absolute atomic E-state index is 0.106. The van der Waals surface area contributed by atoms with Gasteiger partial charge in [0.15, 0.2) is 0 Å². The van der Waals surface area contributed by atoms with Crippen molar-refractivity contribution in [3.63, 3.8) is 0 Å². The van der Waals surface area contributed by atoms with Crippen molar-refractivity contribution in [2.24, 2.45) is 0 Å². The second-order valence-corrected chi connectivity index (χ2v) is 5.28. The number of nitrogens with zero attached hydrogens (tertiary/aromatic N) is 1. The zero-order valence-corrected chi connectivity index (χ0v) is 11.4. The summed E-state index contributed by atoms with van der Waals surface area (Å²) in [7, 11) is 1.98. The molecule has 106 valence electrons. The quantitative estimate of drug-likeness (QED) is 0.826. The Balaban J connectivity index is 1.93. The minimum Gasteiger partial charge on any atom is -0.508 e. The standard InChI is InChI=1S/C15H18N2O3/c1-16-11-4-5-17(9-11)8-10-6-15(19)20-14-7-12(18)2-3-13(10)14/h2-3,6-7,11,16,18H,4-5,8-9H2,1H3. The molecule has 5 nitrogen and oxygen atoms in total. The van der Waals surface area contributed by atoms with Crippen molar-refractivity contribution in [1.82, 2.24) is 10.2 Å². The van der Waals surface area contributed by atoms with E-state index < -0.39 is 0 Å².